The molecule has 2 nitrogen and oxygen atoms in total. The smallest absolute Gasteiger partial charge is 0.0456 e. The van der Waals surface area contributed by atoms with Crippen molar-refractivity contribution in [3.8, 4) is 11.3 Å². The zero-order valence-electron chi connectivity index (χ0n) is 13.4. The molecule has 1 aliphatic carbocycles. The summed E-state index contributed by atoms with van der Waals surface area (Å²) in [5, 5.41) is 0. The summed E-state index contributed by atoms with van der Waals surface area (Å²) < 4.78 is 0. The molecule has 116 valence electrons. The maximum atomic E-state index is 4.88. The van der Waals surface area contributed by atoms with Crippen LogP contribution in [-0.2, 0) is 25.7 Å². The molecule has 2 heteroatoms. The largest absolute Gasteiger partial charge is 0.358 e. The fourth-order valence-electron chi connectivity index (χ4n) is 3.40. The highest BCUT2D eigenvalue weighted by molar-refractivity contribution is 5.59. The second-order valence-electron chi connectivity index (χ2n) is 6.38. The summed E-state index contributed by atoms with van der Waals surface area (Å²) in [5.41, 5.74) is 7.74. The first-order valence-corrected chi connectivity index (χ1v) is 8.59. The van der Waals surface area contributed by atoms with E-state index in [1.54, 1.807) is 0 Å². The Kier molecular flexibility index (Phi) is 3.97. The summed E-state index contributed by atoms with van der Waals surface area (Å²) in [6, 6.07) is 19.4. The number of aryl methyl sites for hydroxylation is 4. The molecule has 0 aliphatic heterocycles. The van der Waals surface area contributed by atoms with Crippen molar-refractivity contribution in [3.63, 3.8) is 0 Å². The summed E-state index contributed by atoms with van der Waals surface area (Å²) >= 11 is 0. The van der Waals surface area contributed by atoms with E-state index in [1.807, 2.05) is 0 Å². The Morgan fingerprint density at radius 3 is 2.61 bits per heavy atom. The molecule has 0 atom stereocenters. The minimum Gasteiger partial charge on any atom is -0.358 e. The van der Waals surface area contributed by atoms with Crippen molar-refractivity contribution in [2.75, 3.05) is 0 Å². The average Bonchev–Trinajstić information content (AvgIpc) is 3.10. The molecule has 0 fully saturated rings. The van der Waals surface area contributed by atoms with Crippen molar-refractivity contribution < 1.29 is 0 Å². The lowest BCUT2D eigenvalue weighted by molar-refractivity contribution is 0.662. The quantitative estimate of drug-likeness (QED) is 0.741. The van der Waals surface area contributed by atoms with Crippen LogP contribution < -0.4 is 0 Å². The molecule has 0 unspecified atom stereocenters. The maximum absolute atomic E-state index is 4.88. The van der Waals surface area contributed by atoms with Crippen molar-refractivity contribution in [2.24, 2.45) is 0 Å². The van der Waals surface area contributed by atoms with Gasteiger partial charge in [0.2, 0.25) is 0 Å². The van der Waals surface area contributed by atoms with Crippen LogP contribution in [0.15, 0.2) is 54.6 Å². The van der Waals surface area contributed by atoms with Crippen LogP contribution in [0.3, 0.4) is 0 Å². The Hall–Kier alpha value is -2.35. The Morgan fingerprint density at radius 1 is 0.826 bits per heavy atom. The van der Waals surface area contributed by atoms with E-state index in [1.165, 1.54) is 53.2 Å². The molecular formula is C21H22N2. The van der Waals surface area contributed by atoms with Crippen LogP contribution in [0.25, 0.3) is 11.3 Å². The van der Waals surface area contributed by atoms with Gasteiger partial charge < -0.3 is 4.98 Å². The number of nitrogens with one attached hydrogen (secondary N) is 1. The lowest BCUT2D eigenvalue weighted by Gasteiger charge is -2.15. The highest BCUT2D eigenvalue weighted by Crippen LogP contribution is 2.21. The molecule has 4 rings (SSSR count). The van der Waals surface area contributed by atoms with Crippen LogP contribution in [0.4, 0.5) is 0 Å². The second-order valence-corrected chi connectivity index (χ2v) is 6.38. The number of aromatic nitrogens is 2. The van der Waals surface area contributed by atoms with Gasteiger partial charge in [0.25, 0.3) is 0 Å². The minimum absolute atomic E-state index is 1.00. The van der Waals surface area contributed by atoms with Gasteiger partial charge in [0.1, 0.15) is 0 Å². The number of benzene rings is 1. The van der Waals surface area contributed by atoms with Crippen LogP contribution in [0.2, 0.25) is 0 Å². The van der Waals surface area contributed by atoms with Crippen LogP contribution in [-0.4, -0.2) is 9.97 Å². The summed E-state index contributed by atoms with van der Waals surface area (Å²) in [6.45, 7) is 0. The summed E-state index contributed by atoms with van der Waals surface area (Å²) in [5.74, 6) is 0. The van der Waals surface area contributed by atoms with E-state index in [-0.39, 0.29) is 0 Å². The molecule has 3 aromatic rings. The molecule has 0 amide bonds. The SMILES string of the molecule is c1ccc(-c2ccc(CCc3ccc4c(n3)CCCC4)[nH]2)cc1. The third-order valence-corrected chi connectivity index (χ3v) is 4.72. The minimum atomic E-state index is 1.00. The lowest BCUT2D eigenvalue weighted by Crippen LogP contribution is -2.07. The number of pyridine rings is 1. The van der Waals surface area contributed by atoms with Crippen molar-refractivity contribution in [3.05, 3.63) is 77.2 Å². The number of rotatable bonds is 4. The number of aromatic amines is 1. The van der Waals surface area contributed by atoms with E-state index < -0.39 is 0 Å². The first-order valence-electron chi connectivity index (χ1n) is 8.59. The van der Waals surface area contributed by atoms with Gasteiger partial charge >= 0.3 is 0 Å². The summed E-state index contributed by atoms with van der Waals surface area (Å²) in [7, 11) is 0. The zero-order valence-corrected chi connectivity index (χ0v) is 13.4. The number of hydrogen-bond donors (Lipinski definition) is 1. The third kappa shape index (κ3) is 3.21. The third-order valence-electron chi connectivity index (χ3n) is 4.72. The lowest BCUT2D eigenvalue weighted by atomic mass is 9.95. The average molecular weight is 302 g/mol. The van der Waals surface area contributed by atoms with Crippen LogP contribution in [0.5, 0.6) is 0 Å². The molecule has 0 saturated heterocycles. The fourth-order valence-corrected chi connectivity index (χ4v) is 3.40. The van der Waals surface area contributed by atoms with E-state index in [2.05, 4.69) is 59.6 Å². The molecule has 0 radical (unpaired) electrons. The monoisotopic (exact) mass is 302 g/mol. The second kappa shape index (κ2) is 6.41. The molecule has 0 saturated carbocycles. The van der Waals surface area contributed by atoms with E-state index in [9.17, 15) is 0 Å². The van der Waals surface area contributed by atoms with Crippen molar-refractivity contribution in [1.82, 2.24) is 9.97 Å². The van der Waals surface area contributed by atoms with Crippen LogP contribution >= 0.6 is 0 Å². The highest BCUT2D eigenvalue weighted by Gasteiger charge is 2.11. The Bertz CT molecular complexity index is 787. The zero-order chi connectivity index (χ0) is 15.5. The molecular weight excluding hydrogens is 280 g/mol. The topological polar surface area (TPSA) is 28.7 Å². The molecule has 2 aromatic heterocycles. The predicted molar refractivity (Wildman–Crippen MR) is 94.5 cm³/mol. The van der Waals surface area contributed by atoms with Gasteiger partial charge in [-0.1, -0.05) is 36.4 Å². The van der Waals surface area contributed by atoms with Crippen LogP contribution in [0, 0.1) is 0 Å². The normalized spacial score (nSPS) is 13.7. The summed E-state index contributed by atoms with van der Waals surface area (Å²) in [6.07, 6.45) is 6.99. The van der Waals surface area contributed by atoms with Gasteiger partial charge in [0.15, 0.2) is 0 Å². The molecule has 1 aliphatic rings. The number of nitrogens with zero attached hydrogens (tertiary/aromatic N) is 1. The highest BCUT2D eigenvalue weighted by atomic mass is 14.7. The Balaban J connectivity index is 1.44. The van der Waals surface area contributed by atoms with Gasteiger partial charge in [-0.15, -0.1) is 0 Å². The van der Waals surface area contributed by atoms with Crippen molar-refractivity contribution >= 4 is 0 Å². The summed E-state index contributed by atoms with van der Waals surface area (Å²) in [4.78, 5) is 8.41. The number of H-pyrrole nitrogens is 1. The molecule has 1 N–H and O–H groups in total. The Morgan fingerprint density at radius 2 is 1.70 bits per heavy atom. The van der Waals surface area contributed by atoms with Crippen molar-refractivity contribution in [2.45, 2.75) is 38.5 Å². The first-order chi connectivity index (χ1) is 11.4. The van der Waals surface area contributed by atoms with E-state index in [4.69, 9.17) is 4.98 Å². The first kappa shape index (κ1) is 14.3. The number of fused-ring (bicyclic) bond motifs is 1. The molecule has 2 heterocycles. The van der Waals surface area contributed by atoms with Gasteiger partial charge in [-0.2, -0.15) is 0 Å². The standard InChI is InChI=1S/C21H22N2/c1-2-6-16(7-3-1)21-15-14-19(23-21)13-12-18-11-10-17-8-4-5-9-20(17)22-18/h1-3,6-7,10-11,14-15,23H,4-5,8-9,12-13H2. The molecule has 1 aromatic carbocycles. The van der Waals surface area contributed by atoms with E-state index >= 15 is 0 Å². The molecule has 0 bridgehead atoms. The van der Waals surface area contributed by atoms with E-state index in [0.29, 0.717) is 0 Å². The molecule has 0 spiro atoms. The van der Waals surface area contributed by atoms with Gasteiger partial charge in [-0.25, -0.2) is 0 Å². The van der Waals surface area contributed by atoms with E-state index in [0.717, 1.165) is 19.3 Å². The number of hydrogen-bond acceptors (Lipinski definition) is 1. The van der Waals surface area contributed by atoms with Crippen LogP contribution in [0.1, 0.15) is 35.5 Å². The van der Waals surface area contributed by atoms with Gasteiger partial charge in [-0.3, -0.25) is 4.98 Å². The van der Waals surface area contributed by atoms with Gasteiger partial charge in [0, 0.05) is 22.8 Å². The predicted octanol–water partition coefficient (Wildman–Crippen LogP) is 4.74. The maximum Gasteiger partial charge on any atom is 0.0456 e. The van der Waals surface area contributed by atoms with Gasteiger partial charge in [0.05, 0.1) is 0 Å². The van der Waals surface area contributed by atoms with Crippen molar-refractivity contribution in [1.29, 1.82) is 0 Å². The van der Waals surface area contributed by atoms with Gasteiger partial charge in [-0.05, 0) is 67.9 Å². The molecule has 23 heavy (non-hydrogen) atoms. The fraction of sp³-hybridized carbons (Fsp3) is 0.286. The Labute approximate surface area is 137 Å².